The maximum atomic E-state index is 13.4. The Kier molecular flexibility index (Phi) is 4.19. The Labute approximate surface area is 108 Å². The third kappa shape index (κ3) is 3.21. The van der Waals surface area contributed by atoms with Gasteiger partial charge in [0.15, 0.2) is 0 Å². The standard InChI is InChI=1S/C14H22FN3/c1-11-9-17(2)6-3-7-18(11)10-12-4-5-14(16)13(15)8-12/h4-5,8,11H,3,6-7,9-10,16H2,1-2H3. The molecular weight excluding hydrogens is 229 g/mol. The minimum atomic E-state index is -0.313. The lowest BCUT2D eigenvalue weighted by Crippen LogP contribution is -2.37. The largest absolute Gasteiger partial charge is 0.396 e. The van der Waals surface area contributed by atoms with Crippen LogP contribution in [0.4, 0.5) is 10.1 Å². The van der Waals surface area contributed by atoms with Crippen molar-refractivity contribution in [3.8, 4) is 0 Å². The molecule has 1 unspecified atom stereocenters. The van der Waals surface area contributed by atoms with E-state index in [1.165, 1.54) is 0 Å². The molecule has 2 rings (SSSR count). The average Bonchev–Trinajstić information content (AvgIpc) is 2.46. The number of anilines is 1. The van der Waals surface area contributed by atoms with Crippen LogP contribution < -0.4 is 5.73 Å². The van der Waals surface area contributed by atoms with Crippen molar-refractivity contribution in [2.75, 3.05) is 32.4 Å². The van der Waals surface area contributed by atoms with Crippen molar-refractivity contribution >= 4 is 5.69 Å². The Balaban J connectivity index is 2.05. The van der Waals surface area contributed by atoms with Gasteiger partial charge in [-0.3, -0.25) is 4.90 Å². The highest BCUT2D eigenvalue weighted by Gasteiger charge is 2.19. The fourth-order valence-corrected chi connectivity index (χ4v) is 2.56. The summed E-state index contributed by atoms with van der Waals surface area (Å²) in [5, 5.41) is 0. The highest BCUT2D eigenvalue weighted by atomic mass is 19.1. The van der Waals surface area contributed by atoms with Crippen molar-refractivity contribution in [3.05, 3.63) is 29.6 Å². The van der Waals surface area contributed by atoms with Crippen LogP contribution >= 0.6 is 0 Å². The summed E-state index contributed by atoms with van der Waals surface area (Å²) < 4.78 is 13.4. The minimum absolute atomic E-state index is 0.224. The lowest BCUT2D eigenvalue weighted by Gasteiger charge is -2.27. The first-order valence-electron chi connectivity index (χ1n) is 6.53. The number of likely N-dealkylation sites (N-methyl/N-ethyl adjacent to an activating group) is 1. The van der Waals surface area contributed by atoms with Gasteiger partial charge in [-0.25, -0.2) is 4.39 Å². The lowest BCUT2D eigenvalue weighted by molar-refractivity contribution is 0.194. The molecule has 4 heteroatoms. The molecule has 1 aromatic carbocycles. The summed E-state index contributed by atoms with van der Waals surface area (Å²) in [6.07, 6.45) is 1.16. The number of nitrogens with two attached hydrogens (primary N) is 1. The van der Waals surface area contributed by atoms with Gasteiger partial charge >= 0.3 is 0 Å². The molecule has 1 fully saturated rings. The number of benzene rings is 1. The van der Waals surface area contributed by atoms with Crippen molar-refractivity contribution in [1.82, 2.24) is 9.80 Å². The van der Waals surface area contributed by atoms with Crippen LogP contribution in [0.3, 0.4) is 0 Å². The molecule has 1 saturated heterocycles. The van der Waals surface area contributed by atoms with Gasteiger partial charge in [0.05, 0.1) is 5.69 Å². The van der Waals surface area contributed by atoms with E-state index in [9.17, 15) is 4.39 Å². The van der Waals surface area contributed by atoms with Crippen LogP contribution in [0.2, 0.25) is 0 Å². The molecule has 0 aliphatic carbocycles. The average molecular weight is 251 g/mol. The van der Waals surface area contributed by atoms with Crippen LogP contribution in [-0.4, -0.2) is 42.5 Å². The van der Waals surface area contributed by atoms with E-state index in [0.717, 1.165) is 38.2 Å². The van der Waals surface area contributed by atoms with Crippen LogP contribution in [-0.2, 0) is 6.54 Å². The van der Waals surface area contributed by atoms with Gasteiger partial charge in [0, 0.05) is 25.7 Å². The van der Waals surface area contributed by atoms with E-state index in [1.807, 2.05) is 6.07 Å². The summed E-state index contributed by atoms with van der Waals surface area (Å²) in [6.45, 7) is 6.30. The van der Waals surface area contributed by atoms with Gasteiger partial charge < -0.3 is 10.6 Å². The van der Waals surface area contributed by atoms with Gasteiger partial charge in [-0.2, -0.15) is 0 Å². The Morgan fingerprint density at radius 3 is 2.89 bits per heavy atom. The number of halogens is 1. The molecule has 2 N–H and O–H groups in total. The second-order valence-electron chi connectivity index (χ2n) is 5.29. The highest BCUT2D eigenvalue weighted by Crippen LogP contribution is 2.16. The first kappa shape index (κ1) is 13.3. The molecule has 1 heterocycles. The predicted molar refractivity (Wildman–Crippen MR) is 72.8 cm³/mol. The summed E-state index contributed by atoms with van der Waals surface area (Å²) >= 11 is 0. The van der Waals surface area contributed by atoms with Gasteiger partial charge in [0.1, 0.15) is 5.82 Å². The molecule has 1 atom stereocenters. The number of rotatable bonds is 2. The zero-order valence-electron chi connectivity index (χ0n) is 11.2. The molecule has 1 aliphatic heterocycles. The quantitative estimate of drug-likeness (QED) is 0.815. The minimum Gasteiger partial charge on any atom is -0.396 e. The zero-order chi connectivity index (χ0) is 13.1. The first-order valence-corrected chi connectivity index (χ1v) is 6.53. The van der Waals surface area contributed by atoms with Crippen LogP contribution in [0.1, 0.15) is 18.9 Å². The van der Waals surface area contributed by atoms with Crippen LogP contribution in [0.25, 0.3) is 0 Å². The SMILES string of the molecule is CC1CN(C)CCCN1Cc1ccc(N)c(F)c1. The molecule has 1 aromatic rings. The number of hydrogen-bond donors (Lipinski definition) is 1. The maximum Gasteiger partial charge on any atom is 0.146 e. The molecule has 3 nitrogen and oxygen atoms in total. The van der Waals surface area contributed by atoms with Crippen LogP contribution in [0.15, 0.2) is 18.2 Å². The molecule has 0 spiro atoms. The number of nitrogens with zero attached hydrogens (tertiary/aromatic N) is 2. The summed E-state index contributed by atoms with van der Waals surface area (Å²) in [4.78, 5) is 4.77. The smallest absolute Gasteiger partial charge is 0.146 e. The summed E-state index contributed by atoms with van der Waals surface area (Å²) in [7, 11) is 2.16. The highest BCUT2D eigenvalue weighted by molar-refractivity contribution is 5.41. The van der Waals surface area contributed by atoms with Crippen molar-refractivity contribution in [1.29, 1.82) is 0 Å². The predicted octanol–water partition coefficient (Wildman–Crippen LogP) is 1.93. The molecule has 1 aliphatic rings. The molecular formula is C14H22FN3. The normalized spacial score (nSPS) is 22.9. The number of hydrogen-bond acceptors (Lipinski definition) is 3. The van der Waals surface area contributed by atoms with Gasteiger partial charge in [-0.05, 0) is 44.6 Å². The molecule has 0 aromatic heterocycles. The molecule has 100 valence electrons. The molecule has 0 saturated carbocycles. The van der Waals surface area contributed by atoms with Gasteiger partial charge in [-0.1, -0.05) is 6.07 Å². The molecule has 0 radical (unpaired) electrons. The Morgan fingerprint density at radius 2 is 2.17 bits per heavy atom. The Morgan fingerprint density at radius 1 is 1.39 bits per heavy atom. The fraction of sp³-hybridized carbons (Fsp3) is 0.571. The Bertz CT molecular complexity index is 408. The summed E-state index contributed by atoms with van der Waals surface area (Å²) in [5.41, 5.74) is 6.72. The van der Waals surface area contributed by atoms with Crippen molar-refractivity contribution < 1.29 is 4.39 Å². The van der Waals surface area contributed by atoms with Gasteiger partial charge in [-0.15, -0.1) is 0 Å². The van der Waals surface area contributed by atoms with E-state index in [-0.39, 0.29) is 11.5 Å². The maximum absolute atomic E-state index is 13.4. The fourth-order valence-electron chi connectivity index (χ4n) is 2.56. The van der Waals surface area contributed by atoms with E-state index in [0.29, 0.717) is 6.04 Å². The van der Waals surface area contributed by atoms with Gasteiger partial charge in [0.25, 0.3) is 0 Å². The third-order valence-corrected chi connectivity index (χ3v) is 3.63. The van der Waals surface area contributed by atoms with Crippen LogP contribution in [0, 0.1) is 5.82 Å². The Hall–Kier alpha value is -1.13. The first-order chi connectivity index (χ1) is 8.56. The molecule has 0 bridgehead atoms. The summed E-state index contributed by atoms with van der Waals surface area (Å²) in [6, 6.07) is 5.62. The second kappa shape index (κ2) is 5.67. The molecule has 0 amide bonds. The van der Waals surface area contributed by atoms with Crippen molar-refractivity contribution in [2.24, 2.45) is 0 Å². The van der Waals surface area contributed by atoms with Crippen LogP contribution in [0.5, 0.6) is 0 Å². The number of nitrogen functional groups attached to an aromatic ring is 1. The summed E-state index contributed by atoms with van der Waals surface area (Å²) in [5.74, 6) is -0.313. The third-order valence-electron chi connectivity index (χ3n) is 3.63. The van der Waals surface area contributed by atoms with E-state index in [1.54, 1.807) is 12.1 Å². The topological polar surface area (TPSA) is 32.5 Å². The van der Waals surface area contributed by atoms with E-state index >= 15 is 0 Å². The van der Waals surface area contributed by atoms with E-state index in [4.69, 9.17) is 5.73 Å². The lowest BCUT2D eigenvalue weighted by atomic mass is 10.1. The van der Waals surface area contributed by atoms with Gasteiger partial charge in [0.2, 0.25) is 0 Å². The van der Waals surface area contributed by atoms with Crippen molar-refractivity contribution in [2.45, 2.75) is 25.9 Å². The molecule has 18 heavy (non-hydrogen) atoms. The monoisotopic (exact) mass is 251 g/mol. The van der Waals surface area contributed by atoms with E-state index < -0.39 is 0 Å². The van der Waals surface area contributed by atoms with E-state index in [2.05, 4.69) is 23.8 Å². The second-order valence-corrected chi connectivity index (χ2v) is 5.29. The zero-order valence-corrected chi connectivity index (χ0v) is 11.2. The van der Waals surface area contributed by atoms with Crippen molar-refractivity contribution in [3.63, 3.8) is 0 Å².